The van der Waals surface area contributed by atoms with Crippen molar-refractivity contribution < 1.29 is 4.79 Å². The minimum atomic E-state index is -0.142. The van der Waals surface area contributed by atoms with Gasteiger partial charge < -0.3 is 10.3 Å². The first-order valence-electron chi connectivity index (χ1n) is 9.56. The number of H-pyrrole nitrogens is 1. The number of carbonyl (C=O) groups is 1. The first-order chi connectivity index (χ1) is 13.4. The average molecular weight is 400 g/mol. The molecule has 0 unspecified atom stereocenters. The zero-order valence-corrected chi connectivity index (χ0v) is 17.3. The Hall–Kier alpha value is -2.60. The first kappa shape index (κ1) is 20.1. The van der Waals surface area contributed by atoms with Crippen LogP contribution in [0.1, 0.15) is 37.4 Å². The molecule has 1 amide bonds. The smallest absolute Gasteiger partial charge is 0.244 e. The van der Waals surface area contributed by atoms with Gasteiger partial charge in [-0.05, 0) is 37.5 Å². The number of amides is 1. The number of nitrogens with one attached hydrogen (secondary N) is 2. The molecule has 0 atom stereocenters. The Labute approximate surface area is 170 Å². The number of hydrogen-bond acceptors (Lipinski definition) is 3. The van der Waals surface area contributed by atoms with Crippen LogP contribution in [-0.2, 0) is 17.8 Å². The maximum Gasteiger partial charge on any atom is 0.244 e. The number of nitrogens with zero attached hydrogens (tertiary/aromatic N) is 3. The number of imidazole rings is 1. The third-order valence-corrected chi connectivity index (χ3v) is 4.78. The van der Waals surface area contributed by atoms with Crippen LogP contribution in [0.4, 0.5) is 0 Å². The van der Waals surface area contributed by atoms with Crippen molar-refractivity contribution in [1.29, 1.82) is 0 Å². The summed E-state index contributed by atoms with van der Waals surface area (Å²) in [6.45, 7) is 7.46. The van der Waals surface area contributed by atoms with E-state index in [1.54, 1.807) is 10.8 Å². The third-order valence-electron chi connectivity index (χ3n) is 4.38. The van der Waals surface area contributed by atoms with Crippen molar-refractivity contribution in [3.05, 3.63) is 52.6 Å². The highest BCUT2D eigenvalue weighted by Gasteiger charge is 2.12. The summed E-state index contributed by atoms with van der Waals surface area (Å²) in [6.07, 6.45) is 4.84. The third kappa shape index (κ3) is 5.01. The van der Waals surface area contributed by atoms with Gasteiger partial charge in [-0.1, -0.05) is 37.6 Å². The van der Waals surface area contributed by atoms with E-state index < -0.39 is 0 Å². The van der Waals surface area contributed by atoms with Gasteiger partial charge in [-0.15, -0.1) is 0 Å². The maximum absolute atomic E-state index is 12.1. The molecule has 0 bridgehead atoms. The van der Waals surface area contributed by atoms with Gasteiger partial charge in [-0.3, -0.25) is 9.48 Å². The molecule has 28 heavy (non-hydrogen) atoms. The van der Waals surface area contributed by atoms with Gasteiger partial charge in [0.05, 0.1) is 16.7 Å². The molecule has 0 aliphatic rings. The Balaban J connectivity index is 1.48. The van der Waals surface area contributed by atoms with Crippen molar-refractivity contribution in [3.63, 3.8) is 0 Å². The normalized spacial score (nSPS) is 11.8. The van der Waals surface area contributed by atoms with E-state index in [-0.39, 0.29) is 5.91 Å². The van der Waals surface area contributed by atoms with E-state index in [4.69, 9.17) is 11.6 Å². The Bertz CT molecular complexity index is 953. The topological polar surface area (TPSA) is 75.6 Å². The highest BCUT2D eigenvalue weighted by molar-refractivity contribution is 6.31. The van der Waals surface area contributed by atoms with E-state index in [0.29, 0.717) is 17.6 Å². The van der Waals surface area contributed by atoms with E-state index in [2.05, 4.69) is 34.2 Å². The second-order valence-electron chi connectivity index (χ2n) is 7.29. The summed E-state index contributed by atoms with van der Waals surface area (Å²) in [5.74, 6) is 1.24. The molecule has 0 radical (unpaired) electrons. The van der Waals surface area contributed by atoms with Gasteiger partial charge in [-0.2, -0.15) is 5.10 Å². The molecule has 3 rings (SSSR count). The Morgan fingerprint density at radius 3 is 2.89 bits per heavy atom. The minimum absolute atomic E-state index is 0.142. The van der Waals surface area contributed by atoms with Crippen molar-refractivity contribution in [2.75, 3.05) is 6.54 Å². The lowest BCUT2D eigenvalue weighted by Gasteiger charge is -2.05. The lowest BCUT2D eigenvalue weighted by Crippen LogP contribution is -2.22. The predicted octanol–water partition coefficient (Wildman–Crippen LogP) is 4.14. The SMILES string of the molecule is Cc1nn(CC(C)C)c(Cl)c1/C=C/C(=O)NCCCc1nc2ccccc2[nH]1. The molecule has 7 heteroatoms. The van der Waals surface area contributed by atoms with Crippen LogP contribution >= 0.6 is 11.6 Å². The number of halogens is 1. The molecule has 2 N–H and O–H groups in total. The van der Waals surface area contributed by atoms with Crippen molar-refractivity contribution in [1.82, 2.24) is 25.1 Å². The van der Waals surface area contributed by atoms with Crippen LogP contribution < -0.4 is 5.32 Å². The van der Waals surface area contributed by atoms with Crippen LogP contribution in [0.5, 0.6) is 0 Å². The molecule has 0 spiro atoms. The van der Waals surface area contributed by atoms with Crippen molar-refractivity contribution in [2.24, 2.45) is 5.92 Å². The Morgan fingerprint density at radius 1 is 1.36 bits per heavy atom. The lowest BCUT2D eigenvalue weighted by atomic mass is 10.2. The first-order valence-corrected chi connectivity index (χ1v) is 9.94. The van der Waals surface area contributed by atoms with E-state index in [1.807, 2.05) is 31.2 Å². The zero-order chi connectivity index (χ0) is 20.1. The second-order valence-corrected chi connectivity index (χ2v) is 7.65. The molecular formula is C21H26ClN5O. The van der Waals surface area contributed by atoms with Crippen molar-refractivity contribution in [2.45, 2.75) is 40.2 Å². The number of hydrogen-bond donors (Lipinski definition) is 2. The zero-order valence-electron chi connectivity index (χ0n) is 16.5. The standard InChI is InChI=1S/C21H26ClN5O/c1-14(2)13-27-21(22)16(15(3)26-27)10-11-20(28)23-12-6-9-19-24-17-7-4-5-8-18(17)25-19/h4-5,7-8,10-11,14H,6,9,12-13H2,1-3H3,(H,23,28)(H,24,25)/b11-10+. The summed E-state index contributed by atoms with van der Waals surface area (Å²) >= 11 is 6.39. The van der Waals surface area contributed by atoms with Crippen LogP contribution in [0.25, 0.3) is 17.1 Å². The largest absolute Gasteiger partial charge is 0.353 e. The molecule has 0 aliphatic carbocycles. The summed E-state index contributed by atoms with van der Waals surface area (Å²) < 4.78 is 1.78. The number of para-hydroxylation sites is 2. The van der Waals surface area contributed by atoms with Crippen LogP contribution in [0.3, 0.4) is 0 Å². The molecule has 3 aromatic rings. The van der Waals surface area contributed by atoms with Gasteiger partial charge >= 0.3 is 0 Å². The summed E-state index contributed by atoms with van der Waals surface area (Å²) in [6, 6.07) is 7.95. The number of fused-ring (bicyclic) bond motifs is 1. The fraction of sp³-hybridized carbons (Fsp3) is 0.381. The van der Waals surface area contributed by atoms with E-state index >= 15 is 0 Å². The highest BCUT2D eigenvalue weighted by atomic mass is 35.5. The van der Waals surface area contributed by atoms with E-state index in [9.17, 15) is 4.79 Å². The Morgan fingerprint density at radius 2 is 2.14 bits per heavy atom. The van der Waals surface area contributed by atoms with Gasteiger partial charge in [0.15, 0.2) is 0 Å². The number of benzene rings is 1. The lowest BCUT2D eigenvalue weighted by molar-refractivity contribution is -0.116. The van der Waals surface area contributed by atoms with Gasteiger partial charge in [-0.25, -0.2) is 4.98 Å². The molecule has 1 aromatic carbocycles. The van der Waals surface area contributed by atoms with Crippen LogP contribution in [0.15, 0.2) is 30.3 Å². The fourth-order valence-corrected chi connectivity index (χ4v) is 3.34. The molecule has 0 saturated heterocycles. The number of aromatic amines is 1. The highest BCUT2D eigenvalue weighted by Crippen LogP contribution is 2.22. The average Bonchev–Trinajstić information content (AvgIpc) is 3.17. The van der Waals surface area contributed by atoms with Crippen LogP contribution in [0, 0.1) is 12.8 Å². The molecule has 0 aliphatic heterocycles. The van der Waals surface area contributed by atoms with Gasteiger partial charge in [0, 0.05) is 31.1 Å². The molecule has 2 heterocycles. The minimum Gasteiger partial charge on any atom is -0.353 e. The van der Waals surface area contributed by atoms with Gasteiger partial charge in [0.25, 0.3) is 0 Å². The summed E-state index contributed by atoms with van der Waals surface area (Å²) in [5.41, 5.74) is 3.61. The number of rotatable bonds is 8. The van der Waals surface area contributed by atoms with Crippen molar-refractivity contribution >= 4 is 34.6 Å². The molecule has 0 fully saturated rings. The second kappa shape index (κ2) is 9.06. The van der Waals surface area contributed by atoms with E-state index in [1.165, 1.54) is 6.08 Å². The summed E-state index contributed by atoms with van der Waals surface area (Å²) in [4.78, 5) is 19.9. The Kier molecular flexibility index (Phi) is 6.52. The molecule has 2 aromatic heterocycles. The van der Waals surface area contributed by atoms with Crippen LogP contribution in [0.2, 0.25) is 5.15 Å². The number of carbonyl (C=O) groups excluding carboxylic acids is 1. The van der Waals surface area contributed by atoms with E-state index in [0.717, 1.165) is 47.5 Å². The monoisotopic (exact) mass is 399 g/mol. The van der Waals surface area contributed by atoms with Crippen LogP contribution in [-0.4, -0.2) is 32.2 Å². The molecular weight excluding hydrogens is 374 g/mol. The molecule has 148 valence electrons. The molecule has 6 nitrogen and oxygen atoms in total. The van der Waals surface area contributed by atoms with Gasteiger partial charge in [0.2, 0.25) is 5.91 Å². The maximum atomic E-state index is 12.1. The molecule has 0 saturated carbocycles. The summed E-state index contributed by atoms with van der Waals surface area (Å²) in [7, 11) is 0. The predicted molar refractivity (Wildman–Crippen MR) is 113 cm³/mol. The van der Waals surface area contributed by atoms with Crippen molar-refractivity contribution in [3.8, 4) is 0 Å². The summed E-state index contributed by atoms with van der Waals surface area (Å²) in [5, 5.41) is 7.91. The van der Waals surface area contributed by atoms with Gasteiger partial charge in [0.1, 0.15) is 11.0 Å². The fourth-order valence-electron chi connectivity index (χ4n) is 3.03. The quantitative estimate of drug-likeness (QED) is 0.441. The number of aromatic nitrogens is 4. The number of aryl methyl sites for hydroxylation is 2.